The number of hydrazone groups is 1. The van der Waals surface area contributed by atoms with E-state index >= 15 is 0 Å². The lowest BCUT2D eigenvalue weighted by Gasteiger charge is -2.09. The van der Waals surface area contributed by atoms with Crippen LogP contribution in [0.3, 0.4) is 0 Å². The number of amides is 1. The molecule has 0 spiro atoms. The van der Waals surface area contributed by atoms with Gasteiger partial charge in [-0.25, -0.2) is 10.1 Å². The largest absolute Gasteiger partial charge is 0.292 e. The molecule has 0 unspecified atom stereocenters. The Morgan fingerprint density at radius 2 is 1.82 bits per heavy atom. The smallest absolute Gasteiger partial charge is 0.267 e. The van der Waals surface area contributed by atoms with Crippen LogP contribution < -0.4 is 11.0 Å². The number of halogens is 1. The Bertz CT molecular complexity index is 1100. The lowest BCUT2D eigenvalue weighted by molar-refractivity contribution is 0.0949. The van der Waals surface area contributed by atoms with Crippen LogP contribution in [-0.2, 0) is 6.54 Å². The van der Waals surface area contributed by atoms with Crippen LogP contribution in [0.15, 0.2) is 69.0 Å². The summed E-state index contributed by atoms with van der Waals surface area (Å²) in [6, 6.07) is 16.7. The summed E-state index contributed by atoms with van der Waals surface area (Å²) < 4.78 is 2.03. The highest BCUT2D eigenvalue weighted by molar-refractivity contribution is 9.12. The quantitative estimate of drug-likeness (QED) is 0.467. The van der Waals surface area contributed by atoms with Crippen LogP contribution in [0.4, 0.5) is 0 Å². The third kappa shape index (κ3) is 4.61. The molecule has 1 heterocycles. The van der Waals surface area contributed by atoms with Gasteiger partial charge in [-0.1, -0.05) is 55.5 Å². The number of hydrogen-bond acceptors (Lipinski definition) is 4. The van der Waals surface area contributed by atoms with E-state index < -0.39 is 5.91 Å². The van der Waals surface area contributed by atoms with Gasteiger partial charge in [-0.05, 0) is 40.1 Å². The molecule has 28 heavy (non-hydrogen) atoms. The molecule has 0 aliphatic rings. The van der Waals surface area contributed by atoms with Crippen molar-refractivity contribution in [2.75, 3.05) is 0 Å². The summed E-state index contributed by atoms with van der Waals surface area (Å²) in [4.78, 5) is 25.1. The van der Waals surface area contributed by atoms with E-state index in [4.69, 9.17) is 0 Å². The van der Waals surface area contributed by atoms with Gasteiger partial charge in [0.15, 0.2) is 5.69 Å². The van der Waals surface area contributed by atoms with Gasteiger partial charge in [-0.2, -0.15) is 10.2 Å². The molecule has 142 valence electrons. The normalized spacial score (nSPS) is 11.9. The van der Waals surface area contributed by atoms with Crippen molar-refractivity contribution >= 4 is 44.9 Å². The number of allylic oxidation sites excluding steroid dienone is 1. The monoisotopic (exact) mass is 438 g/mol. The zero-order chi connectivity index (χ0) is 19.9. The second kappa shape index (κ2) is 9.23. The standard InChI is InChI=1S/C21H19BrN4O2/c1-2-12-26-21(28)18-11-7-6-10-17(18)19(25-26)20(27)24-23-14-16(22)13-15-8-4-3-5-9-15/h3-11,13-14H,2,12H2,1H3,(H,24,27). The molecule has 2 aromatic carbocycles. The highest BCUT2D eigenvalue weighted by Gasteiger charge is 2.15. The zero-order valence-electron chi connectivity index (χ0n) is 15.3. The van der Waals surface area contributed by atoms with Gasteiger partial charge in [0.25, 0.3) is 11.5 Å². The van der Waals surface area contributed by atoms with Gasteiger partial charge in [0, 0.05) is 16.4 Å². The minimum Gasteiger partial charge on any atom is -0.267 e. The Labute approximate surface area is 170 Å². The van der Waals surface area contributed by atoms with Gasteiger partial charge in [0.1, 0.15) is 0 Å². The van der Waals surface area contributed by atoms with Crippen LogP contribution >= 0.6 is 15.9 Å². The summed E-state index contributed by atoms with van der Waals surface area (Å²) in [5, 5.41) is 9.20. The molecule has 6 nitrogen and oxygen atoms in total. The molecular weight excluding hydrogens is 420 g/mol. The first-order valence-electron chi connectivity index (χ1n) is 8.85. The highest BCUT2D eigenvalue weighted by atomic mass is 79.9. The average molecular weight is 439 g/mol. The lowest BCUT2D eigenvalue weighted by Crippen LogP contribution is -2.29. The summed E-state index contributed by atoms with van der Waals surface area (Å²) >= 11 is 3.40. The average Bonchev–Trinajstić information content (AvgIpc) is 2.71. The topological polar surface area (TPSA) is 76.3 Å². The van der Waals surface area contributed by atoms with E-state index in [1.165, 1.54) is 10.9 Å². The highest BCUT2D eigenvalue weighted by Crippen LogP contribution is 2.14. The molecule has 0 saturated carbocycles. The van der Waals surface area contributed by atoms with Crippen LogP contribution in [0.5, 0.6) is 0 Å². The van der Waals surface area contributed by atoms with Gasteiger partial charge < -0.3 is 0 Å². The van der Waals surface area contributed by atoms with Crippen molar-refractivity contribution in [2.24, 2.45) is 5.10 Å². The van der Waals surface area contributed by atoms with E-state index in [1.807, 2.05) is 43.3 Å². The Hall–Kier alpha value is -3.06. The van der Waals surface area contributed by atoms with Crippen molar-refractivity contribution < 1.29 is 4.79 Å². The molecule has 3 aromatic rings. The lowest BCUT2D eigenvalue weighted by atomic mass is 10.1. The number of carbonyl (C=O) groups is 1. The molecule has 0 radical (unpaired) electrons. The molecule has 1 aromatic heterocycles. The van der Waals surface area contributed by atoms with E-state index in [2.05, 4.69) is 31.6 Å². The van der Waals surface area contributed by atoms with Crippen LogP contribution in [0.2, 0.25) is 0 Å². The van der Waals surface area contributed by atoms with Gasteiger partial charge >= 0.3 is 0 Å². The Morgan fingerprint density at radius 3 is 2.54 bits per heavy atom. The number of benzene rings is 2. The predicted molar refractivity (Wildman–Crippen MR) is 116 cm³/mol. The molecule has 0 aliphatic heterocycles. The van der Waals surface area contributed by atoms with E-state index in [0.717, 1.165) is 12.0 Å². The Kier molecular flexibility index (Phi) is 6.49. The van der Waals surface area contributed by atoms with E-state index in [9.17, 15) is 9.59 Å². The van der Waals surface area contributed by atoms with E-state index in [0.29, 0.717) is 21.8 Å². The first-order chi connectivity index (χ1) is 13.6. The third-order valence-electron chi connectivity index (χ3n) is 3.98. The number of rotatable bonds is 6. The van der Waals surface area contributed by atoms with Crippen molar-refractivity contribution in [3.05, 3.63) is 80.7 Å². The van der Waals surface area contributed by atoms with Crippen molar-refractivity contribution in [3.63, 3.8) is 0 Å². The molecule has 3 rings (SSSR count). The number of nitrogens with one attached hydrogen (secondary N) is 1. The van der Waals surface area contributed by atoms with Gasteiger partial charge in [-0.3, -0.25) is 9.59 Å². The zero-order valence-corrected chi connectivity index (χ0v) is 16.9. The van der Waals surface area contributed by atoms with Gasteiger partial charge in [0.05, 0.1) is 11.6 Å². The molecule has 1 amide bonds. The van der Waals surface area contributed by atoms with Gasteiger partial charge in [0.2, 0.25) is 0 Å². The molecule has 0 saturated heterocycles. The van der Waals surface area contributed by atoms with Crippen LogP contribution in [0, 0.1) is 0 Å². The number of nitrogens with zero attached hydrogens (tertiary/aromatic N) is 3. The first-order valence-corrected chi connectivity index (χ1v) is 9.65. The fourth-order valence-electron chi connectivity index (χ4n) is 2.72. The number of fused-ring (bicyclic) bond motifs is 1. The van der Waals surface area contributed by atoms with E-state index in [-0.39, 0.29) is 11.3 Å². The predicted octanol–water partition coefficient (Wildman–Crippen LogP) is 3.96. The van der Waals surface area contributed by atoms with Crippen molar-refractivity contribution in [2.45, 2.75) is 19.9 Å². The fourth-order valence-corrected chi connectivity index (χ4v) is 3.08. The number of aryl methyl sites for hydroxylation is 1. The summed E-state index contributed by atoms with van der Waals surface area (Å²) in [5.41, 5.74) is 3.45. The van der Waals surface area contributed by atoms with Crippen LogP contribution in [0.25, 0.3) is 16.8 Å². The number of hydrogen-bond donors (Lipinski definition) is 1. The molecule has 0 atom stereocenters. The molecule has 1 N–H and O–H groups in total. The number of carbonyl (C=O) groups excluding carboxylic acids is 1. The summed E-state index contributed by atoms with van der Waals surface area (Å²) in [5.74, 6) is -0.475. The van der Waals surface area contributed by atoms with Gasteiger partial charge in [-0.15, -0.1) is 0 Å². The maximum absolute atomic E-state index is 12.6. The number of aromatic nitrogens is 2. The van der Waals surface area contributed by atoms with Crippen LogP contribution in [-0.4, -0.2) is 21.9 Å². The first kappa shape index (κ1) is 19.7. The maximum atomic E-state index is 12.6. The fraction of sp³-hybridized carbons (Fsp3) is 0.143. The van der Waals surface area contributed by atoms with Crippen molar-refractivity contribution in [1.29, 1.82) is 0 Å². The Balaban J connectivity index is 1.84. The molecule has 7 heteroatoms. The summed E-state index contributed by atoms with van der Waals surface area (Å²) in [6.07, 6.45) is 4.11. The van der Waals surface area contributed by atoms with Crippen molar-refractivity contribution in [1.82, 2.24) is 15.2 Å². The maximum Gasteiger partial charge on any atom is 0.292 e. The molecular formula is C21H19BrN4O2. The minimum absolute atomic E-state index is 0.170. The van der Waals surface area contributed by atoms with Crippen molar-refractivity contribution in [3.8, 4) is 0 Å². The minimum atomic E-state index is -0.475. The summed E-state index contributed by atoms with van der Waals surface area (Å²) in [6.45, 7) is 2.39. The molecule has 0 fully saturated rings. The summed E-state index contributed by atoms with van der Waals surface area (Å²) in [7, 11) is 0. The third-order valence-corrected chi connectivity index (χ3v) is 4.41. The Morgan fingerprint density at radius 1 is 1.14 bits per heavy atom. The molecule has 0 bridgehead atoms. The van der Waals surface area contributed by atoms with Crippen LogP contribution in [0.1, 0.15) is 29.4 Å². The SMILES string of the molecule is CCCn1nc(C(=O)NN=CC(Br)=Cc2ccccc2)c2ccccc2c1=O. The second-order valence-electron chi connectivity index (χ2n) is 6.06. The van der Waals surface area contributed by atoms with E-state index in [1.54, 1.807) is 24.3 Å². The second-order valence-corrected chi connectivity index (χ2v) is 6.98. The molecule has 0 aliphatic carbocycles.